The van der Waals surface area contributed by atoms with E-state index in [4.69, 9.17) is 29.0 Å². The summed E-state index contributed by atoms with van der Waals surface area (Å²) in [5, 5.41) is 45.1. The van der Waals surface area contributed by atoms with Crippen molar-refractivity contribution in [3.8, 4) is 17.9 Å². The van der Waals surface area contributed by atoms with Crippen molar-refractivity contribution in [2.45, 2.75) is 127 Å². The first-order valence-electron chi connectivity index (χ1n) is 20.1. The normalized spacial score (nSPS) is 20.9. The number of aliphatic hydroxyl groups is 2. The third-order valence-corrected chi connectivity index (χ3v) is 11.0. The van der Waals surface area contributed by atoms with Crippen molar-refractivity contribution in [1.82, 2.24) is 14.6 Å². The number of anilines is 1. The Morgan fingerprint density at radius 1 is 0.947 bits per heavy atom. The van der Waals surface area contributed by atoms with Gasteiger partial charge in [-0.05, 0) is 30.7 Å². The fraction of sp³-hybridized carbons (Fsp3) is 0.650. The molecule has 0 radical (unpaired) electrons. The summed E-state index contributed by atoms with van der Waals surface area (Å²) in [4.78, 5) is 14.5. The lowest BCUT2D eigenvalue weighted by molar-refractivity contribution is -0.0750. The number of nitrogens with zero attached hydrogens (tertiary/aromatic N) is 5. The molecule has 5 N–H and O–H groups in total. The molecule has 1 saturated heterocycles. The minimum Gasteiger partial charge on any atom is -0.493 e. The lowest BCUT2D eigenvalue weighted by Gasteiger charge is -2.26. The Morgan fingerprint density at radius 3 is 2.23 bits per heavy atom. The predicted molar refractivity (Wildman–Crippen MR) is 209 cm³/mol. The van der Waals surface area contributed by atoms with Gasteiger partial charge in [-0.3, -0.25) is 9.05 Å². The third-order valence-electron chi connectivity index (χ3n) is 10.1. The van der Waals surface area contributed by atoms with Crippen molar-refractivity contribution in [2.24, 2.45) is 5.92 Å². The van der Waals surface area contributed by atoms with Gasteiger partial charge in [0.25, 0.3) is 0 Å². The van der Waals surface area contributed by atoms with Crippen LogP contribution in [0.2, 0.25) is 0 Å². The van der Waals surface area contributed by atoms with Gasteiger partial charge in [0.15, 0.2) is 5.82 Å². The molecule has 1 unspecified atom stereocenters. The molecule has 15 nitrogen and oxygen atoms in total. The molecule has 1 aliphatic heterocycles. The molecule has 1 aliphatic rings. The van der Waals surface area contributed by atoms with E-state index < -0.39 is 56.7 Å². The average Bonchev–Trinajstić information content (AvgIpc) is 3.74. The summed E-state index contributed by atoms with van der Waals surface area (Å²) in [6.45, 7) is 1.29. The highest BCUT2D eigenvalue weighted by Gasteiger charge is 2.57. The van der Waals surface area contributed by atoms with Crippen LogP contribution in [-0.4, -0.2) is 80.5 Å². The standard InChI is InChI=1S/C40H58FN6O9P/c1-2-3-4-5-6-7-8-9-10-11-12-13-14-15-16-19-52-24-31(25-53-33-21-30(23-42)20-32(41)22-33)26-54-57(50,51)55-28-40(27-43)38(49)36(48)37(56-40)34-17-18-35-39(44)45-29-46-47(34)35/h17-18,20-22,29,31,36-38,48-49H,2-16,19,24-26,28H2,1H3,(H,50,51)(H2,44,45,46)/t31-,36-,37-,38-,40+/m0/s1. The number of aliphatic hydroxyl groups excluding tert-OH is 2. The zero-order valence-corrected chi connectivity index (χ0v) is 33.7. The maximum atomic E-state index is 14.0. The topological polar surface area (TPSA) is 228 Å². The molecule has 0 amide bonds. The molecule has 3 heterocycles. The van der Waals surface area contributed by atoms with E-state index in [2.05, 4.69) is 17.0 Å². The lowest BCUT2D eigenvalue weighted by atomic mass is 9.96. The Morgan fingerprint density at radius 2 is 1.60 bits per heavy atom. The first-order valence-corrected chi connectivity index (χ1v) is 21.6. The molecule has 17 heteroatoms. The molecule has 0 bridgehead atoms. The lowest BCUT2D eigenvalue weighted by Crippen LogP contribution is -2.45. The van der Waals surface area contributed by atoms with E-state index in [9.17, 15) is 34.6 Å². The number of benzene rings is 1. The summed E-state index contributed by atoms with van der Waals surface area (Å²) in [5.74, 6) is -1.06. The molecule has 3 aromatic rings. The molecule has 1 fully saturated rings. The van der Waals surface area contributed by atoms with Gasteiger partial charge >= 0.3 is 7.82 Å². The smallest absolute Gasteiger partial charge is 0.472 e. The van der Waals surface area contributed by atoms with E-state index in [1.165, 1.54) is 100 Å². The second kappa shape index (κ2) is 23.6. The van der Waals surface area contributed by atoms with Gasteiger partial charge in [-0.2, -0.15) is 15.6 Å². The number of fused-ring (bicyclic) bond motifs is 1. The number of nitriles is 2. The van der Waals surface area contributed by atoms with Gasteiger partial charge in [-0.1, -0.05) is 96.8 Å². The zero-order valence-electron chi connectivity index (χ0n) is 32.8. The van der Waals surface area contributed by atoms with E-state index >= 15 is 0 Å². The number of unbranched alkanes of at least 4 members (excludes halogenated alkanes) is 14. The predicted octanol–water partition coefficient (Wildman–Crippen LogP) is 7.09. The molecule has 0 saturated carbocycles. The van der Waals surface area contributed by atoms with E-state index in [0.717, 1.165) is 31.4 Å². The Labute approximate surface area is 334 Å². The van der Waals surface area contributed by atoms with Gasteiger partial charge in [0.05, 0.1) is 37.1 Å². The highest BCUT2D eigenvalue weighted by atomic mass is 31.2. The first kappa shape index (κ1) is 46.0. The van der Waals surface area contributed by atoms with E-state index in [0.29, 0.717) is 12.1 Å². The summed E-state index contributed by atoms with van der Waals surface area (Å²) in [7, 11) is -4.90. The second-order valence-corrected chi connectivity index (χ2v) is 16.2. The van der Waals surface area contributed by atoms with Crippen LogP contribution in [0.3, 0.4) is 0 Å². The van der Waals surface area contributed by atoms with Crippen molar-refractivity contribution in [3.05, 3.63) is 53.7 Å². The fourth-order valence-corrected chi connectivity index (χ4v) is 7.61. The highest BCUT2D eigenvalue weighted by Crippen LogP contribution is 2.48. The molecular weight excluding hydrogens is 758 g/mol. The first-order chi connectivity index (χ1) is 27.5. The number of phosphoric ester groups is 1. The Kier molecular flexibility index (Phi) is 19.1. The number of hydrogen-bond acceptors (Lipinski definition) is 13. The Bertz CT molecular complexity index is 1800. The fourth-order valence-electron chi connectivity index (χ4n) is 6.78. The summed E-state index contributed by atoms with van der Waals surface area (Å²) in [6.07, 6.45) is 15.0. The van der Waals surface area contributed by atoms with Crippen LogP contribution in [0.5, 0.6) is 5.75 Å². The SMILES string of the molecule is CCCCCCCCCCCCCCCCCOC[C@@H](COc1cc(F)cc(C#N)c1)COP(=O)(O)OC[C@@]1(C#N)O[C@@H](c2ccc3c(N)ncnn23)[C@H](O)[C@@H]1O. The zero-order chi connectivity index (χ0) is 41.1. The van der Waals surface area contributed by atoms with Crippen LogP contribution in [0.1, 0.15) is 121 Å². The maximum Gasteiger partial charge on any atom is 0.472 e. The number of hydrogen-bond donors (Lipinski definition) is 4. The quantitative estimate of drug-likeness (QED) is 0.0424. The van der Waals surface area contributed by atoms with Crippen molar-refractivity contribution >= 4 is 19.2 Å². The minimum atomic E-state index is -4.90. The molecule has 1 aromatic carbocycles. The van der Waals surface area contributed by atoms with Crippen molar-refractivity contribution in [2.75, 3.05) is 38.8 Å². The number of phosphoric acid groups is 1. The van der Waals surface area contributed by atoms with Crippen LogP contribution in [0, 0.1) is 34.4 Å². The van der Waals surface area contributed by atoms with Crippen LogP contribution < -0.4 is 10.5 Å². The molecule has 0 spiro atoms. The number of nitrogens with two attached hydrogens (primary N) is 1. The van der Waals surface area contributed by atoms with Crippen molar-refractivity contribution in [3.63, 3.8) is 0 Å². The minimum absolute atomic E-state index is 0.0631. The van der Waals surface area contributed by atoms with E-state index in [1.54, 1.807) is 12.1 Å². The molecule has 6 atom stereocenters. The monoisotopic (exact) mass is 816 g/mol. The molecule has 57 heavy (non-hydrogen) atoms. The summed E-state index contributed by atoms with van der Waals surface area (Å²) in [5.41, 5.74) is 4.35. The summed E-state index contributed by atoms with van der Waals surface area (Å²) >= 11 is 0. The number of nitrogen functional groups attached to an aromatic ring is 1. The van der Waals surface area contributed by atoms with Gasteiger partial charge in [0.1, 0.15) is 54.4 Å². The van der Waals surface area contributed by atoms with Gasteiger partial charge in [0.2, 0.25) is 5.60 Å². The van der Waals surface area contributed by atoms with Gasteiger partial charge in [-0.15, -0.1) is 0 Å². The molecular formula is C40H58FN6O9P. The number of halogens is 1. The van der Waals surface area contributed by atoms with Gasteiger partial charge < -0.3 is 35.1 Å². The van der Waals surface area contributed by atoms with Crippen LogP contribution >= 0.6 is 7.82 Å². The van der Waals surface area contributed by atoms with Gasteiger partial charge in [0, 0.05) is 18.6 Å². The Balaban J connectivity index is 1.23. The van der Waals surface area contributed by atoms with Crippen LogP contribution in [0.4, 0.5) is 10.2 Å². The number of rotatable bonds is 28. The molecule has 2 aromatic heterocycles. The number of aromatic nitrogens is 3. The third kappa shape index (κ3) is 14.3. The van der Waals surface area contributed by atoms with E-state index in [-0.39, 0.29) is 36.0 Å². The number of ether oxygens (including phenoxy) is 3. The van der Waals surface area contributed by atoms with Crippen LogP contribution in [-0.2, 0) is 23.1 Å². The summed E-state index contributed by atoms with van der Waals surface area (Å²) in [6, 6.07) is 10.3. The molecule has 0 aliphatic carbocycles. The Hall–Kier alpha value is -3.70. The molecule has 314 valence electrons. The van der Waals surface area contributed by atoms with E-state index in [1.807, 2.05) is 6.07 Å². The maximum absolute atomic E-state index is 14.0. The van der Waals surface area contributed by atoms with Crippen LogP contribution in [0.15, 0.2) is 36.7 Å². The van der Waals surface area contributed by atoms with Crippen LogP contribution in [0.25, 0.3) is 5.52 Å². The highest BCUT2D eigenvalue weighted by molar-refractivity contribution is 7.47. The van der Waals surface area contributed by atoms with Gasteiger partial charge in [-0.25, -0.2) is 18.5 Å². The summed E-state index contributed by atoms with van der Waals surface area (Å²) < 4.78 is 56.3. The average molecular weight is 817 g/mol. The van der Waals surface area contributed by atoms with Crippen molar-refractivity contribution < 1.29 is 47.3 Å². The molecule has 4 rings (SSSR count). The largest absolute Gasteiger partial charge is 0.493 e. The second-order valence-electron chi connectivity index (χ2n) is 14.7. The van der Waals surface area contributed by atoms with Crippen molar-refractivity contribution in [1.29, 1.82) is 10.5 Å².